The number of ether oxygens (including phenoxy) is 2. The van der Waals surface area contributed by atoms with Crippen molar-refractivity contribution < 1.29 is 19.1 Å². The molecule has 4 nitrogen and oxygen atoms in total. The summed E-state index contributed by atoms with van der Waals surface area (Å²) in [6, 6.07) is 0. The van der Waals surface area contributed by atoms with E-state index in [1.165, 1.54) is 14.2 Å². The molecule has 0 aliphatic carbocycles. The molecule has 0 N–H and O–H groups in total. The Morgan fingerprint density at radius 1 is 1.00 bits per heavy atom. The molecule has 1 aliphatic heterocycles. The van der Waals surface area contributed by atoms with Crippen LogP contribution in [-0.2, 0) is 19.1 Å². The van der Waals surface area contributed by atoms with Crippen molar-refractivity contribution in [3.8, 4) is 0 Å². The molecule has 0 aromatic heterocycles. The van der Waals surface area contributed by atoms with Gasteiger partial charge in [-0.25, -0.2) is 0 Å². The van der Waals surface area contributed by atoms with E-state index in [1.807, 2.05) is 6.92 Å². The van der Waals surface area contributed by atoms with Gasteiger partial charge in [0.25, 0.3) is 0 Å². The van der Waals surface area contributed by atoms with Crippen molar-refractivity contribution in [1.29, 1.82) is 0 Å². The Labute approximate surface area is 104 Å². The fourth-order valence-corrected chi connectivity index (χ4v) is 8.51. The first-order valence-corrected chi connectivity index (χ1v) is 11.7. The molecular formula is C12H18GeO4. The van der Waals surface area contributed by atoms with Gasteiger partial charge in [0.1, 0.15) is 0 Å². The Morgan fingerprint density at radius 3 is 1.88 bits per heavy atom. The van der Waals surface area contributed by atoms with Gasteiger partial charge in [-0.1, -0.05) is 0 Å². The van der Waals surface area contributed by atoms with Crippen LogP contribution in [0, 0.1) is 0 Å². The summed E-state index contributed by atoms with van der Waals surface area (Å²) in [4.78, 5) is 23.6. The molecule has 0 saturated carbocycles. The average Bonchev–Trinajstić information content (AvgIpc) is 2.44. The summed E-state index contributed by atoms with van der Waals surface area (Å²) in [5.74, 6) is 3.49. The van der Waals surface area contributed by atoms with E-state index in [9.17, 15) is 9.59 Å². The molecule has 0 bridgehead atoms. The van der Waals surface area contributed by atoms with Crippen LogP contribution in [0.25, 0.3) is 0 Å². The predicted octanol–water partition coefficient (Wildman–Crippen LogP) is 1.77. The fraction of sp³-hybridized carbons (Fsp3) is 0.500. The normalized spacial score (nSPS) is 18.5. The zero-order valence-electron chi connectivity index (χ0n) is 11.1. The third-order valence-electron chi connectivity index (χ3n) is 3.47. The number of esters is 2. The Kier molecular flexibility index (Phi) is 3.86. The Bertz CT molecular complexity index is 443. The van der Waals surface area contributed by atoms with Crippen LogP contribution < -0.4 is 0 Å². The number of carbonyl (C=O) groups excluding carboxylic acids is 2. The third kappa shape index (κ3) is 2.06. The molecular weight excluding hydrogens is 281 g/mol. The Balaban J connectivity index is 3.42. The van der Waals surface area contributed by atoms with Crippen molar-refractivity contribution in [1.82, 2.24) is 0 Å². The number of hydrogen-bond donors (Lipinski definition) is 0. The summed E-state index contributed by atoms with van der Waals surface area (Å²) in [5, 5.41) is 0. The number of rotatable bonds is 2. The van der Waals surface area contributed by atoms with E-state index in [0.29, 0.717) is 9.98 Å². The maximum absolute atomic E-state index is 11.8. The number of methoxy groups -OCH3 is 2. The molecule has 0 aromatic rings. The van der Waals surface area contributed by atoms with E-state index in [4.69, 9.17) is 9.47 Å². The molecule has 0 fully saturated rings. The molecule has 0 unspecified atom stereocenters. The molecule has 94 valence electrons. The monoisotopic (exact) mass is 300 g/mol. The zero-order chi connectivity index (χ0) is 13.4. The van der Waals surface area contributed by atoms with Gasteiger partial charge in [-0.2, -0.15) is 0 Å². The molecule has 0 saturated heterocycles. The standard InChI is InChI=1S/C12H18GeO4/c1-7-9(11(14)16-5)8(2)13(3,4)10(7)12(15)17-6/h1-6H3. The second kappa shape index (κ2) is 4.68. The van der Waals surface area contributed by atoms with Crippen LogP contribution in [0.3, 0.4) is 0 Å². The van der Waals surface area contributed by atoms with Crippen LogP contribution in [0.1, 0.15) is 13.8 Å². The SMILES string of the molecule is COC(=O)C1=[C](C)[Ge]([CH3])([CH3])[C](C(=O)OC)=C1C. The van der Waals surface area contributed by atoms with Crippen molar-refractivity contribution in [2.24, 2.45) is 0 Å². The molecule has 0 aromatic carbocycles. The Morgan fingerprint density at radius 2 is 1.47 bits per heavy atom. The topological polar surface area (TPSA) is 52.6 Å². The minimum atomic E-state index is -2.63. The van der Waals surface area contributed by atoms with Crippen LogP contribution in [0.15, 0.2) is 20.0 Å². The van der Waals surface area contributed by atoms with Crippen molar-refractivity contribution in [3.63, 3.8) is 0 Å². The van der Waals surface area contributed by atoms with Gasteiger partial charge in [0.2, 0.25) is 0 Å². The van der Waals surface area contributed by atoms with Gasteiger partial charge in [0.15, 0.2) is 0 Å². The molecule has 1 aliphatic rings. The summed E-state index contributed by atoms with van der Waals surface area (Å²) in [7, 11) is 2.72. The van der Waals surface area contributed by atoms with Crippen molar-refractivity contribution in [3.05, 3.63) is 20.0 Å². The molecule has 0 atom stereocenters. The second-order valence-electron chi connectivity index (χ2n) is 4.61. The summed E-state index contributed by atoms with van der Waals surface area (Å²) in [6.45, 7) is 3.72. The van der Waals surface area contributed by atoms with Crippen LogP contribution in [-0.4, -0.2) is 39.4 Å². The maximum atomic E-state index is 11.8. The van der Waals surface area contributed by atoms with Gasteiger partial charge in [-0.15, -0.1) is 0 Å². The summed E-state index contributed by atoms with van der Waals surface area (Å²) in [6.07, 6.45) is 0. The quantitative estimate of drug-likeness (QED) is 0.576. The van der Waals surface area contributed by atoms with E-state index in [2.05, 4.69) is 11.5 Å². The van der Waals surface area contributed by atoms with E-state index >= 15 is 0 Å². The van der Waals surface area contributed by atoms with Gasteiger partial charge in [-0.05, 0) is 0 Å². The van der Waals surface area contributed by atoms with E-state index < -0.39 is 13.3 Å². The molecule has 0 amide bonds. The van der Waals surface area contributed by atoms with Crippen molar-refractivity contribution >= 4 is 25.2 Å². The van der Waals surface area contributed by atoms with Crippen molar-refractivity contribution in [2.75, 3.05) is 14.2 Å². The molecule has 5 heteroatoms. The van der Waals surface area contributed by atoms with Crippen LogP contribution in [0.4, 0.5) is 0 Å². The molecule has 0 radical (unpaired) electrons. The fourth-order valence-electron chi connectivity index (χ4n) is 2.29. The van der Waals surface area contributed by atoms with Gasteiger partial charge in [-0.3, -0.25) is 0 Å². The average molecular weight is 299 g/mol. The summed E-state index contributed by atoms with van der Waals surface area (Å²) < 4.78 is 11.3. The summed E-state index contributed by atoms with van der Waals surface area (Å²) in [5.41, 5.74) is 1.30. The number of hydrogen-bond acceptors (Lipinski definition) is 4. The molecule has 1 rings (SSSR count). The predicted molar refractivity (Wildman–Crippen MR) is 66.9 cm³/mol. The van der Waals surface area contributed by atoms with Crippen molar-refractivity contribution in [2.45, 2.75) is 25.4 Å². The van der Waals surface area contributed by atoms with Crippen LogP contribution in [0.2, 0.25) is 11.5 Å². The molecule has 17 heavy (non-hydrogen) atoms. The van der Waals surface area contributed by atoms with Gasteiger partial charge in [0.05, 0.1) is 0 Å². The first kappa shape index (κ1) is 14.0. The van der Waals surface area contributed by atoms with Crippen LogP contribution in [0.5, 0.6) is 0 Å². The number of carbonyl (C=O) groups is 2. The zero-order valence-corrected chi connectivity index (χ0v) is 13.2. The van der Waals surface area contributed by atoms with Gasteiger partial charge >= 0.3 is 104 Å². The van der Waals surface area contributed by atoms with E-state index in [0.717, 1.165) is 9.98 Å². The minimum absolute atomic E-state index is 0.314. The second-order valence-corrected chi connectivity index (χ2v) is 14.0. The van der Waals surface area contributed by atoms with Gasteiger partial charge < -0.3 is 0 Å². The third-order valence-corrected chi connectivity index (χ3v) is 11.8. The van der Waals surface area contributed by atoms with Crippen LogP contribution >= 0.6 is 0 Å². The first-order chi connectivity index (χ1) is 7.78. The molecule has 1 heterocycles. The molecule has 0 spiro atoms. The summed E-state index contributed by atoms with van der Waals surface area (Å²) >= 11 is -2.63. The number of allylic oxidation sites excluding steroid dienone is 1. The van der Waals surface area contributed by atoms with Gasteiger partial charge in [0, 0.05) is 0 Å². The van der Waals surface area contributed by atoms with E-state index in [-0.39, 0.29) is 11.9 Å². The van der Waals surface area contributed by atoms with E-state index in [1.54, 1.807) is 6.92 Å². The first-order valence-electron chi connectivity index (χ1n) is 5.38. The Hall–Kier alpha value is -1.04.